The quantitative estimate of drug-likeness (QED) is 0.493. The van der Waals surface area contributed by atoms with Gasteiger partial charge >= 0.3 is 5.97 Å². The normalized spacial score (nSPS) is 18.3. The molecule has 1 fully saturated rings. The third kappa shape index (κ3) is 3.62. The summed E-state index contributed by atoms with van der Waals surface area (Å²) in [5.74, 6) is -0.287. The van der Waals surface area contributed by atoms with Crippen LogP contribution in [-0.4, -0.2) is 44.5 Å². The molecule has 1 amide bonds. The maximum Gasteiger partial charge on any atom is 0.326 e. The first-order chi connectivity index (χ1) is 15.5. The van der Waals surface area contributed by atoms with Crippen molar-refractivity contribution in [3.63, 3.8) is 0 Å². The molecule has 0 aliphatic carbocycles. The summed E-state index contributed by atoms with van der Waals surface area (Å²) in [4.78, 5) is 39.3. The summed E-state index contributed by atoms with van der Waals surface area (Å²) in [6.07, 6.45) is 3.74. The summed E-state index contributed by atoms with van der Waals surface area (Å²) in [6.45, 7) is 2.15. The molecule has 32 heavy (non-hydrogen) atoms. The Balaban J connectivity index is 1.45. The molecular formula is C23H21N5O4. The van der Waals surface area contributed by atoms with Crippen molar-refractivity contribution in [3.8, 4) is 0 Å². The molecule has 2 N–H and O–H groups in total. The lowest BCUT2D eigenvalue weighted by Gasteiger charge is -2.22. The molecule has 2 atom stereocenters. The largest absolute Gasteiger partial charge is 0.480 e. The van der Waals surface area contributed by atoms with Crippen LogP contribution in [0.15, 0.2) is 53.2 Å². The van der Waals surface area contributed by atoms with Crippen LogP contribution in [0.5, 0.6) is 0 Å². The molecule has 0 saturated carbocycles. The second-order valence-corrected chi connectivity index (χ2v) is 7.97. The van der Waals surface area contributed by atoms with Gasteiger partial charge in [-0.15, -0.1) is 0 Å². The smallest absolute Gasteiger partial charge is 0.326 e. The van der Waals surface area contributed by atoms with E-state index in [1.807, 2.05) is 24.3 Å². The van der Waals surface area contributed by atoms with Gasteiger partial charge in [0, 0.05) is 36.4 Å². The lowest BCUT2D eigenvalue weighted by Crippen LogP contribution is -2.36. The average molecular weight is 431 g/mol. The number of hydrogen-bond acceptors (Lipinski definition) is 7. The highest BCUT2D eigenvalue weighted by molar-refractivity contribution is 6.06. The van der Waals surface area contributed by atoms with E-state index >= 15 is 0 Å². The summed E-state index contributed by atoms with van der Waals surface area (Å²) >= 11 is 0. The Kier molecular flexibility index (Phi) is 4.93. The minimum absolute atomic E-state index is 0.146. The van der Waals surface area contributed by atoms with E-state index in [2.05, 4.69) is 20.3 Å². The van der Waals surface area contributed by atoms with E-state index in [-0.39, 0.29) is 18.2 Å². The van der Waals surface area contributed by atoms with Crippen LogP contribution in [0.1, 0.15) is 18.7 Å². The minimum Gasteiger partial charge on any atom is -0.480 e. The molecule has 4 heterocycles. The average Bonchev–Trinajstić information content (AvgIpc) is 3.35. The van der Waals surface area contributed by atoms with Crippen molar-refractivity contribution in [2.75, 3.05) is 16.8 Å². The lowest BCUT2D eigenvalue weighted by molar-refractivity contribution is -0.138. The Bertz CT molecular complexity index is 1320. The number of aromatic nitrogens is 3. The topological polar surface area (TPSA) is 121 Å². The predicted molar refractivity (Wildman–Crippen MR) is 118 cm³/mol. The van der Waals surface area contributed by atoms with Crippen LogP contribution in [0.2, 0.25) is 0 Å². The number of benzene rings is 1. The molecule has 1 saturated heterocycles. The van der Waals surface area contributed by atoms with Crippen molar-refractivity contribution in [2.45, 2.75) is 25.8 Å². The van der Waals surface area contributed by atoms with Crippen LogP contribution in [-0.2, 0) is 9.59 Å². The van der Waals surface area contributed by atoms with E-state index in [1.165, 1.54) is 0 Å². The van der Waals surface area contributed by atoms with Gasteiger partial charge in [0.05, 0.1) is 0 Å². The molecule has 0 spiro atoms. The van der Waals surface area contributed by atoms with Gasteiger partial charge in [-0.25, -0.2) is 14.8 Å². The highest BCUT2D eigenvalue weighted by Crippen LogP contribution is 2.37. The van der Waals surface area contributed by atoms with Gasteiger partial charge in [-0.05, 0) is 43.5 Å². The highest BCUT2D eigenvalue weighted by atomic mass is 16.4. The number of pyridine rings is 1. The molecule has 0 bridgehead atoms. The number of carboxylic acids is 1. The molecule has 3 aromatic heterocycles. The van der Waals surface area contributed by atoms with Crippen molar-refractivity contribution in [1.82, 2.24) is 15.0 Å². The standard InChI is InChI=1S/C23H21N5O4/c1-13-25-20-16-4-2-3-5-18(16)32-21(20)22(26-13)28-12-14(10-17(28)23(30)31)11-19(29)27-15-6-8-24-9-7-15/h2-9,14,17H,10-12H2,1H3,(H,30,31)(H,24,27,29)/t14-,17+/m1/s1. The van der Waals surface area contributed by atoms with Crippen molar-refractivity contribution in [1.29, 1.82) is 0 Å². The number of carboxylic acid groups (broad SMARTS) is 1. The zero-order valence-corrected chi connectivity index (χ0v) is 17.4. The van der Waals surface area contributed by atoms with Crippen molar-refractivity contribution < 1.29 is 19.1 Å². The first-order valence-corrected chi connectivity index (χ1v) is 10.3. The first-order valence-electron chi connectivity index (χ1n) is 10.3. The van der Waals surface area contributed by atoms with E-state index in [4.69, 9.17) is 4.42 Å². The Morgan fingerprint density at radius 2 is 1.97 bits per heavy atom. The number of hydrogen-bond donors (Lipinski definition) is 2. The Morgan fingerprint density at radius 1 is 1.19 bits per heavy atom. The molecule has 0 radical (unpaired) electrons. The number of fused-ring (bicyclic) bond motifs is 3. The van der Waals surface area contributed by atoms with Crippen LogP contribution < -0.4 is 10.2 Å². The fourth-order valence-electron chi connectivity index (χ4n) is 4.33. The van der Waals surface area contributed by atoms with E-state index in [0.29, 0.717) is 47.0 Å². The molecule has 1 aliphatic rings. The summed E-state index contributed by atoms with van der Waals surface area (Å²) in [5.41, 5.74) is 2.45. The third-order valence-electron chi connectivity index (χ3n) is 5.70. The Hall–Kier alpha value is -4.01. The summed E-state index contributed by atoms with van der Waals surface area (Å²) in [5, 5.41) is 13.6. The minimum atomic E-state index is -0.956. The predicted octanol–water partition coefficient (Wildman–Crippen LogP) is 3.39. The number of amides is 1. The maximum atomic E-state index is 12.5. The highest BCUT2D eigenvalue weighted by Gasteiger charge is 2.40. The van der Waals surface area contributed by atoms with Crippen molar-refractivity contribution in [3.05, 3.63) is 54.6 Å². The Morgan fingerprint density at radius 3 is 2.75 bits per heavy atom. The van der Waals surface area contributed by atoms with Crippen LogP contribution in [0.3, 0.4) is 0 Å². The zero-order valence-electron chi connectivity index (χ0n) is 17.4. The first kappa shape index (κ1) is 19.9. The third-order valence-corrected chi connectivity index (χ3v) is 5.70. The van der Waals surface area contributed by atoms with Crippen LogP contribution in [0.4, 0.5) is 11.5 Å². The molecule has 9 heteroatoms. The van der Waals surface area contributed by atoms with E-state index in [9.17, 15) is 14.7 Å². The number of nitrogens with zero attached hydrogens (tertiary/aromatic N) is 4. The molecule has 4 aromatic rings. The van der Waals surface area contributed by atoms with Gasteiger partial charge in [0.25, 0.3) is 0 Å². The molecule has 5 rings (SSSR count). The summed E-state index contributed by atoms with van der Waals surface area (Å²) < 4.78 is 6.03. The fraction of sp³-hybridized carbons (Fsp3) is 0.261. The van der Waals surface area contributed by atoms with Gasteiger partial charge < -0.3 is 19.7 Å². The molecule has 1 aromatic carbocycles. The van der Waals surface area contributed by atoms with Crippen LogP contribution in [0, 0.1) is 12.8 Å². The van der Waals surface area contributed by atoms with E-state index in [1.54, 1.807) is 36.4 Å². The number of anilines is 2. The number of rotatable bonds is 5. The van der Waals surface area contributed by atoms with E-state index in [0.717, 1.165) is 5.39 Å². The van der Waals surface area contributed by atoms with Crippen molar-refractivity contribution in [2.24, 2.45) is 5.92 Å². The summed E-state index contributed by atoms with van der Waals surface area (Å²) in [6, 6.07) is 10.2. The van der Waals surface area contributed by atoms with Gasteiger partial charge in [0.1, 0.15) is 23.0 Å². The number of para-hydroxylation sites is 1. The number of furan rings is 1. The molecule has 1 aliphatic heterocycles. The molecule has 0 unspecified atom stereocenters. The van der Waals surface area contributed by atoms with Gasteiger partial charge in [-0.1, -0.05) is 12.1 Å². The van der Waals surface area contributed by atoms with Gasteiger partial charge in [0.2, 0.25) is 5.91 Å². The SMILES string of the molecule is Cc1nc(N2C[C@@H](CC(=O)Nc3ccncc3)C[C@H]2C(=O)O)c2oc3ccccc3c2n1. The van der Waals surface area contributed by atoms with E-state index < -0.39 is 12.0 Å². The van der Waals surface area contributed by atoms with Gasteiger partial charge in [-0.3, -0.25) is 9.78 Å². The second-order valence-electron chi connectivity index (χ2n) is 7.97. The van der Waals surface area contributed by atoms with Crippen LogP contribution >= 0.6 is 0 Å². The number of nitrogens with one attached hydrogen (secondary N) is 1. The number of carbonyl (C=O) groups is 2. The number of aryl methyl sites for hydroxylation is 1. The van der Waals surface area contributed by atoms with Crippen LogP contribution in [0.25, 0.3) is 22.1 Å². The maximum absolute atomic E-state index is 12.5. The molecular weight excluding hydrogens is 410 g/mol. The van der Waals surface area contributed by atoms with Gasteiger partial charge in [0.15, 0.2) is 11.4 Å². The second kappa shape index (κ2) is 7.92. The fourth-order valence-corrected chi connectivity index (χ4v) is 4.33. The monoisotopic (exact) mass is 431 g/mol. The number of aliphatic carboxylic acids is 1. The zero-order chi connectivity index (χ0) is 22.2. The summed E-state index contributed by atoms with van der Waals surface area (Å²) in [7, 11) is 0. The molecule has 9 nitrogen and oxygen atoms in total. The number of carbonyl (C=O) groups excluding carboxylic acids is 1. The lowest BCUT2D eigenvalue weighted by atomic mass is 10.0. The van der Waals surface area contributed by atoms with Crippen molar-refractivity contribution >= 4 is 45.5 Å². The Labute approximate surface area is 183 Å². The van der Waals surface area contributed by atoms with Gasteiger partial charge in [-0.2, -0.15) is 0 Å². The molecule has 162 valence electrons.